The van der Waals surface area contributed by atoms with Crippen molar-refractivity contribution in [2.24, 2.45) is 5.73 Å². The van der Waals surface area contributed by atoms with E-state index in [1.807, 2.05) is 24.3 Å². The molecule has 0 unspecified atom stereocenters. The van der Waals surface area contributed by atoms with E-state index in [1.54, 1.807) is 37.3 Å². The van der Waals surface area contributed by atoms with Gasteiger partial charge in [0.2, 0.25) is 5.88 Å². The average molecular weight is 415 g/mol. The number of hydrogen-bond donors (Lipinski definition) is 1. The van der Waals surface area contributed by atoms with Gasteiger partial charge in [-0.25, -0.2) is 4.79 Å². The second-order valence-electron chi connectivity index (χ2n) is 5.93. The van der Waals surface area contributed by atoms with E-state index in [-0.39, 0.29) is 29.4 Å². The summed E-state index contributed by atoms with van der Waals surface area (Å²) in [7, 11) is 0. The summed E-state index contributed by atoms with van der Waals surface area (Å²) < 4.78 is 11.0. The lowest BCUT2D eigenvalue weighted by molar-refractivity contribution is -0.138. The Hall–Kier alpha value is -2.94. The van der Waals surface area contributed by atoms with Gasteiger partial charge in [0.05, 0.1) is 28.1 Å². The zero-order chi connectivity index (χ0) is 20.3. The number of nitriles is 1. The third-order valence-corrected chi connectivity index (χ3v) is 4.97. The van der Waals surface area contributed by atoms with Crippen LogP contribution in [0.3, 0.4) is 0 Å². The molecular formula is C21H16Cl2N2O3. The van der Waals surface area contributed by atoms with Crippen molar-refractivity contribution < 1.29 is 14.3 Å². The highest BCUT2D eigenvalue weighted by Crippen LogP contribution is 2.43. The quantitative estimate of drug-likeness (QED) is 0.727. The number of halogens is 2. The first-order valence-corrected chi connectivity index (χ1v) is 9.22. The van der Waals surface area contributed by atoms with Gasteiger partial charge < -0.3 is 15.2 Å². The molecule has 1 heterocycles. The third kappa shape index (κ3) is 3.70. The molecule has 7 heteroatoms. The van der Waals surface area contributed by atoms with Gasteiger partial charge in [-0.15, -0.1) is 0 Å². The number of rotatable bonds is 4. The van der Waals surface area contributed by atoms with Crippen molar-refractivity contribution in [2.45, 2.75) is 12.8 Å². The number of ether oxygens (including phenoxy) is 2. The van der Waals surface area contributed by atoms with Crippen LogP contribution in [0.1, 0.15) is 24.0 Å². The standard InChI is InChI=1S/C21H16Cl2N2O3/c1-2-27-21(26)18-17(13-8-9-15(22)16(23)10-13)14(11-24)20(25)28-19(18)12-6-4-3-5-7-12/h3-10,17H,2,25H2,1H3/t17-/m0/s1. The molecule has 1 aliphatic rings. The highest BCUT2D eigenvalue weighted by atomic mass is 35.5. The van der Waals surface area contributed by atoms with E-state index in [0.717, 1.165) is 0 Å². The molecule has 0 fully saturated rings. The summed E-state index contributed by atoms with van der Waals surface area (Å²) in [6.07, 6.45) is 0. The fraction of sp³-hybridized carbons (Fsp3) is 0.143. The first kappa shape index (κ1) is 19.8. The van der Waals surface area contributed by atoms with Crippen molar-refractivity contribution in [2.75, 3.05) is 6.61 Å². The Morgan fingerprint density at radius 3 is 2.54 bits per heavy atom. The molecule has 1 aliphatic heterocycles. The van der Waals surface area contributed by atoms with E-state index in [1.165, 1.54) is 0 Å². The van der Waals surface area contributed by atoms with Crippen molar-refractivity contribution in [1.29, 1.82) is 5.26 Å². The molecule has 3 rings (SSSR count). The maximum atomic E-state index is 12.9. The van der Waals surface area contributed by atoms with Gasteiger partial charge in [0.1, 0.15) is 17.4 Å². The van der Waals surface area contributed by atoms with Crippen molar-refractivity contribution in [3.05, 3.63) is 86.7 Å². The van der Waals surface area contributed by atoms with Crippen molar-refractivity contribution >= 4 is 34.9 Å². The number of carbonyl (C=O) groups excluding carboxylic acids is 1. The highest BCUT2D eigenvalue weighted by Gasteiger charge is 2.38. The molecule has 0 radical (unpaired) electrons. The second kappa shape index (κ2) is 8.39. The molecule has 5 nitrogen and oxygen atoms in total. The van der Waals surface area contributed by atoms with Gasteiger partial charge in [0.15, 0.2) is 0 Å². The largest absolute Gasteiger partial charge is 0.463 e. The van der Waals surface area contributed by atoms with E-state index in [0.29, 0.717) is 21.2 Å². The zero-order valence-electron chi connectivity index (χ0n) is 14.9. The normalized spacial score (nSPS) is 16.4. The van der Waals surface area contributed by atoms with E-state index < -0.39 is 11.9 Å². The number of esters is 1. The monoisotopic (exact) mass is 414 g/mol. The molecule has 0 amide bonds. The van der Waals surface area contributed by atoms with Gasteiger partial charge in [-0.3, -0.25) is 0 Å². The summed E-state index contributed by atoms with van der Waals surface area (Å²) >= 11 is 12.2. The molecule has 0 aromatic heterocycles. The summed E-state index contributed by atoms with van der Waals surface area (Å²) in [5.74, 6) is -1.24. The first-order valence-electron chi connectivity index (χ1n) is 8.47. The Bertz CT molecular complexity index is 1020. The minimum Gasteiger partial charge on any atom is -0.463 e. The Morgan fingerprint density at radius 2 is 1.93 bits per heavy atom. The van der Waals surface area contributed by atoms with E-state index in [2.05, 4.69) is 0 Å². The number of nitrogens with zero attached hydrogens (tertiary/aromatic N) is 1. The van der Waals surface area contributed by atoms with Gasteiger partial charge in [0, 0.05) is 5.56 Å². The van der Waals surface area contributed by atoms with Crippen LogP contribution >= 0.6 is 23.2 Å². The van der Waals surface area contributed by atoms with Crippen molar-refractivity contribution in [3.8, 4) is 6.07 Å². The number of nitrogens with two attached hydrogens (primary N) is 1. The molecule has 0 aliphatic carbocycles. The molecule has 28 heavy (non-hydrogen) atoms. The molecule has 2 N–H and O–H groups in total. The summed E-state index contributed by atoms with van der Waals surface area (Å²) in [4.78, 5) is 12.9. The van der Waals surface area contributed by atoms with Gasteiger partial charge in [-0.2, -0.15) is 5.26 Å². The van der Waals surface area contributed by atoms with Crippen molar-refractivity contribution in [3.63, 3.8) is 0 Å². The third-order valence-electron chi connectivity index (χ3n) is 4.23. The molecule has 0 spiro atoms. The minimum absolute atomic E-state index is 0.0783. The van der Waals surface area contributed by atoms with Gasteiger partial charge >= 0.3 is 5.97 Å². The Kier molecular flexibility index (Phi) is 5.93. The average Bonchev–Trinajstić information content (AvgIpc) is 2.70. The van der Waals surface area contributed by atoms with E-state index in [4.69, 9.17) is 38.4 Å². The van der Waals surface area contributed by atoms with Crippen LogP contribution < -0.4 is 5.73 Å². The topological polar surface area (TPSA) is 85.3 Å². The molecule has 2 aromatic rings. The Labute approximate surface area is 172 Å². The maximum Gasteiger partial charge on any atom is 0.338 e. The summed E-state index contributed by atoms with van der Waals surface area (Å²) in [6, 6.07) is 16.0. The molecule has 0 bridgehead atoms. The number of allylic oxidation sites excluding steroid dienone is 1. The summed E-state index contributed by atoms with van der Waals surface area (Å²) in [5.41, 5.74) is 7.53. The fourth-order valence-electron chi connectivity index (χ4n) is 3.01. The van der Waals surface area contributed by atoms with Crippen LogP contribution in [-0.4, -0.2) is 12.6 Å². The van der Waals surface area contributed by atoms with Crippen LogP contribution in [0.25, 0.3) is 5.76 Å². The van der Waals surface area contributed by atoms with Crippen LogP contribution in [0, 0.1) is 11.3 Å². The smallest absolute Gasteiger partial charge is 0.338 e. The molecular weight excluding hydrogens is 399 g/mol. The van der Waals surface area contributed by atoms with Crippen LogP contribution in [0.4, 0.5) is 0 Å². The Balaban J connectivity index is 2.29. The predicted molar refractivity (Wildman–Crippen MR) is 107 cm³/mol. The molecule has 2 aromatic carbocycles. The number of benzene rings is 2. The van der Waals surface area contributed by atoms with E-state index in [9.17, 15) is 10.1 Å². The van der Waals surface area contributed by atoms with Crippen LogP contribution in [-0.2, 0) is 14.3 Å². The second-order valence-corrected chi connectivity index (χ2v) is 6.74. The predicted octanol–water partition coefficient (Wildman–Crippen LogP) is 4.78. The molecule has 142 valence electrons. The van der Waals surface area contributed by atoms with Crippen LogP contribution in [0.2, 0.25) is 10.0 Å². The fourth-order valence-corrected chi connectivity index (χ4v) is 3.31. The highest BCUT2D eigenvalue weighted by molar-refractivity contribution is 6.42. The molecule has 0 saturated carbocycles. The number of hydrogen-bond acceptors (Lipinski definition) is 5. The lowest BCUT2D eigenvalue weighted by Crippen LogP contribution is -2.25. The number of carbonyl (C=O) groups is 1. The first-order chi connectivity index (χ1) is 13.5. The van der Waals surface area contributed by atoms with E-state index >= 15 is 0 Å². The lowest BCUT2D eigenvalue weighted by Gasteiger charge is -2.28. The van der Waals surface area contributed by atoms with Crippen molar-refractivity contribution in [1.82, 2.24) is 0 Å². The summed E-state index contributed by atoms with van der Waals surface area (Å²) in [5, 5.41) is 10.4. The maximum absolute atomic E-state index is 12.9. The lowest BCUT2D eigenvalue weighted by atomic mass is 9.82. The van der Waals surface area contributed by atoms with Crippen LogP contribution in [0.15, 0.2) is 65.6 Å². The zero-order valence-corrected chi connectivity index (χ0v) is 16.4. The molecule has 0 saturated heterocycles. The molecule has 1 atom stereocenters. The van der Waals surface area contributed by atoms with Gasteiger partial charge in [0.25, 0.3) is 0 Å². The minimum atomic E-state index is -0.803. The Morgan fingerprint density at radius 1 is 1.21 bits per heavy atom. The SMILES string of the molecule is CCOC(=O)C1=C(c2ccccc2)OC(N)=C(C#N)[C@@H]1c1ccc(Cl)c(Cl)c1. The van der Waals surface area contributed by atoms with Crippen LogP contribution in [0.5, 0.6) is 0 Å². The van der Waals surface area contributed by atoms with Gasteiger partial charge in [-0.05, 0) is 24.6 Å². The van der Waals surface area contributed by atoms with Gasteiger partial charge in [-0.1, -0.05) is 59.6 Å². The summed E-state index contributed by atoms with van der Waals surface area (Å²) in [6.45, 7) is 1.87.